The van der Waals surface area contributed by atoms with Crippen LogP contribution in [-0.4, -0.2) is 275 Å². The molecule has 3 N–H and O–H groups in total. The summed E-state index contributed by atoms with van der Waals surface area (Å²) in [5, 5.41) is 21.8. The number of esters is 1. The van der Waals surface area contributed by atoms with Crippen LogP contribution in [0.3, 0.4) is 0 Å². The van der Waals surface area contributed by atoms with Crippen molar-refractivity contribution in [3.05, 3.63) is 29.1 Å². The topological polar surface area (TPSA) is 298 Å². The molecule has 0 bridgehead atoms. The van der Waals surface area contributed by atoms with Gasteiger partial charge in [0.2, 0.25) is 46.6 Å². The van der Waals surface area contributed by atoms with Crippen LogP contribution in [0.15, 0.2) is 0 Å². The minimum Gasteiger partial charge on any atom is -0.481 e. The minimum atomic E-state index is -2.36. The highest BCUT2D eigenvalue weighted by molar-refractivity contribution is 5.84. The summed E-state index contributed by atoms with van der Waals surface area (Å²) in [6.07, 6.45) is 15.7. The minimum absolute atomic E-state index is 0.0217. The number of amides is 2. The van der Waals surface area contributed by atoms with Crippen molar-refractivity contribution in [3.8, 4) is 5.75 Å². The average molecular weight is 1440 g/mol. The Balaban J connectivity index is 1.84. The first-order chi connectivity index (χ1) is 48.3. The molecule has 1 aromatic rings. The van der Waals surface area contributed by atoms with Gasteiger partial charge in [-0.2, -0.15) is 8.78 Å². The molecular weight excluding hydrogens is 1320 g/mol. The molecule has 0 aliphatic heterocycles. The molecule has 1 aromatic carbocycles. The van der Waals surface area contributed by atoms with Gasteiger partial charge in [-0.1, -0.05) is 90.4 Å². The van der Waals surface area contributed by atoms with Crippen LogP contribution in [-0.2, 0) is 99.8 Å². The molecule has 0 fully saturated rings. The fourth-order valence-electron chi connectivity index (χ4n) is 9.05. The third-order valence-corrected chi connectivity index (χ3v) is 14.4. The Hall–Kier alpha value is -4.42. The summed E-state index contributed by atoms with van der Waals surface area (Å²) in [5.41, 5.74) is 0. The van der Waals surface area contributed by atoms with E-state index in [9.17, 15) is 51.0 Å². The van der Waals surface area contributed by atoms with Crippen molar-refractivity contribution in [2.75, 3.05) is 225 Å². The van der Waals surface area contributed by atoms with Crippen molar-refractivity contribution < 1.29 is 137 Å². The number of halogens is 5. The van der Waals surface area contributed by atoms with Crippen molar-refractivity contribution in [2.24, 2.45) is 0 Å². The molecular formula is C68H117F5N2O24. The van der Waals surface area contributed by atoms with Gasteiger partial charge in [-0.25, -0.2) is 18.0 Å². The number of benzene rings is 1. The number of aliphatic carboxylic acids is 2. The van der Waals surface area contributed by atoms with Gasteiger partial charge in [-0.15, -0.1) is 0 Å². The number of nitrogens with zero attached hydrogens (tertiary/aromatic N) is 1. The number of rotatable bonds is 77. The van der Waals surface area contributed by atoms with Crippen LogP contribution in [0, 0.1) is 29.1 Å². The fraction of sp³-hybridized carbons (Fsp3) is 0.838. The molecule has 0 saturated carbocycles. The lowest BCUT2D eigenvalue weighted by Crippen LogP contribution is -2.46. The van der Waals surface area contributed by atoms with E-state index < -0.39 is 65.2 Å². The molecule has 578 valence electrons. The smallest absolute Gasteiger partial charge is 0.326 e. The summed E-state index contributed by atoms with van der Waals surface area (Å²) < 4.78 is 159. The zero-order valence-electron chi connectivity index (χ0n) is 58.7. The molecule has 0 saturated heterocycles. The molecule has 2 amide bonds. The summed E-state index contributed by atoms with van der Waals surface area (Å²) in [7, 11) is 0. The van der Waals surface area contributed by atoms with Gasteiger partial charge in [-0.3, -0.25) is 19.2 Å². The summed E-state index contributed by atoms with van der Waals surface area (Å²) >= 11 is 0. The first-order valence-electron chi connectivity index (χ1n) is 35.3. The number of unbranched alkanes of at least 4 members (excludes halogenated alkanes) is 14. The maximum Gasteiger partial charge on any atom is 0.326 e. The Labute approximate surface area is 582 Å². The molecule has 0 aliphatic carbocycles. The quantitative estimate of drug-likeness (QED) is 0.0138. The van der Waals surface area contributed by atoms with Crippen molar-refractivity contribution in [3.63, 3.8) is 0 Å². The van der Waals surface area contributed by atoms with E-state index in [1.807, 2.05) is 0 Å². The number of ether oxygens (including phenoxy) is 17. The SMILES string of the molecule is CCCCCCCCCCCN(C(=O)CCCCCCCCCC(=O)O)[C@@H](CCC(=O)NCCOCCOCCOCCOCCOCCOCCOCCOCCOCCOCCOCCOCCOCCOCCOCCOCCC(=O)Oc1c(F)c(F)c(F)c(F)c1F)C(=O)O. The standard InChI is InChI=1S/C68H117F5N2O24/c1-2-3-4-5-6-7-11-14-17-24-75(59(77)18-15-12-9-8-10-13-16-19-60(78)79)57(68(81)82)20-21-58(76)74-23-26-84-28-30-86-32-34-88-36-38-90-40-42-92-44-46-94-48-50-96-52-54-98-56-55-97-53-51-95-49-47-93-45-43-91-41-39-89-37-35-87-33-31-85-29-27-83-25-22-61(80)99-67-65(72)63(70)62(69)64(71)66(67)73/h57H,2-56H2,1H3,(H,74,76)(H,78,79)(H,81,82)/t57-/m0/s1. The van der Waals surface area contributed by atoms with Crippen LogP contribution in [0.4, 0.5) is 22.0 Å². The molecule has 1 atom stereocenters. The van der Waals surface area contributed by atoms with Crippen LogP contribution in [0.5, 0.6) is 5.75 Å². The normalized spacial score (nSPS) is 11.8. The Morgan fingerprint density at radius 1 is 0.343 bits per heavy atom. The predicted octanol–water partition coefficient (Wildman–Crippen LogP) is 8.25. The Morgan fingerprint density at radius 2 is 0.626 bits per heavy atom. The molecule has 0 aromatic heterocycles. The Morgan fingerprint density at radius 3 is 0.949 bits per heavy atom. The summed E-state index contributed by atoms with van der Waals surface area (Å²) in [6, 6.07) is -1.08. The van der Waals surface area contributed by atoms with E-state index >= 15 is 0 Å². The van der Waals surface area contributed by atoms with E-state index in [0.29, 0.717) is 198 Å². The van der Waals surface area contributed by atoms with Gasteiger partial charge >= 0.3 is 17.9 Å². The molecule has 31 heteroatoms. The van der Waals surface area contributed by atoms with Gasteiger partial charge in [0.1, 0.15) is 6.04 Å². The Kier molecular flexibility index (Phi) is 64.8. The van der Waals surface area contributed by atoms with E-state index in [1.54, 1.807) is 0 Å². The van der Waals surface area contributed by atoms with Crippen molar-refractivity contribution in [2.45, 2.75) is 148 Å². The summed E-state index contributed by atoms with van der Waals surface area (Å²) in [4.78, 5) is 62.6. The maximum atomic E-state index is 13.6. The van der Waals surface area contributed by atoms with Gasteiger partial charge in [0.05, 0.1) is 218 Å². The molecule has 0 aliphatic rings. The fourth-order valence-corrected chi connectivity index (χ4v) is 9.05. The molecule has 26 nitrogen and oxygen atoms in total. The van der Waals surface area contributed by atoms with Crippen molar-refractivity contribution in [1.82, 2.24) is 10.2 Å². The number of hydrogen-bond acceptors (Lipinski definition) is 22. The molecule has 99 heavy (non-hydrogen) atoms. The number of carboxylic acids is 2. The second-order valence-electron chi connectivity index (χ2n) is 22.4. The van der Waals surface area contributed by atoms with Crippen LogP contribution in [0.1, 0.15) is 142 Å². The second kappa shape index (κ2) is 69.3. The highest BCUT2D eigenvalue weighted by Crippen LogP contribution is 2.29. The van der Waals surface area contributed by atoms with E-state index in [1.165, 1.54) is 37.0 Å². The number of hydrogen-bond donors (Lipinski definition) is 3. The Bertz CT molecular complexity index is 2090. The van der Waals surface area contributed by atoms with Crippen LogP contribution < -0.4 is 10.1 Å². The number of carboxylic acid groups (broad SMARTS) is 2. The first kappa shape index (κ1) is 92.6. The highest BCUT2D eigenvalue weighted by atomic mass is 19.2. The van der Waals surface area contributed by atoms with Gasteiger partial charge in [0, 0.05) is 32.4 Å². The lowest BCUT2D eigenvalue weighted by atomic mass is 10.0. The number of carbonyl (C=O) groups is 5. The highest BCUT2D eigenvalue weighted by Gasteiger charge is 2.30. The number of carbonyl (C=O) groups excluding carboxylic acids is 3. The first-order valence-corrected chi connectivity index (χ1v) is 35.3. The van der Waals surface area contributed by atoms with Gasteiger partial charge in [0.25, 0.3) is 0 Å². The number of nitrogens with one attached hydrogen (secondary N) is 1. The summed E-state index contributed by atoms with van der Waals surface area (Å²) in [6.45, 7) is 14.2. The molecule has 0 unspecified atom stereocenters. The van der Waals surface area contributed by atoms with E-state index in [2.05, 4.69) is 17.0 Å². The zero-order chi connectivity index (χ0) is 72.1. The summed E-state index contributed by atoms with van der Waals surface area (Å²) in [5.74, 6) is -16.6. The lowest BCUT2D eigenvalue weighted by molar-refractivity contribution is -0.151. The molecule has 1 rings (SSSR count). The van der Waals surface area contributed by atoms with E-state index in [4.69, 9.17) is 80.9 Å². The molecule has 0 radical (unpaired) electrons. The van der Waals surface area contributed by atoms with E-state index in [0.717, 1.165) is 51.4 Å². The monoisotopic (exact) mass is 1440 g/mol. The van der Waals surface area contributed by atoms with Gasteiger partial charge in [-0.05, 0) is 25.7 Å². The van der Waals surface area contributed by atoms with Gasteiger partial charge < -0.3 is 101 Å². The van der Waals surface area contributed by atoms with Crippen LogP contribution in [0.2, 0.25) is 0 Å². The zero-order valence-corrected chi connectivity index (χ0v) is 58.7. The lowest BCUT2D eigenvalue weighted by Gasteiger charge is -2.29. The van der Waals surface area contributed by atoms with Crippen molar-refractivity contribution in [1.29, 1.82) is 0 Å². The van der Waals surface area contributed by atoms with E-state index in [-0.39, 0.29) is 83.7 Å². The third kappa shape index (κ3) is 56.8. The molecule has 0 heterocycles. The maximum absolute atomic E-state index is 13.6. The van der Waals surface area contributed by atoms with Crippen molar-refractivity contribution >= 4 is 29.7 Å². The second-order valence-corrected chi connectivity index (χ2v) is 22.4. The van der Waals surface area contributed by atoms with Crippen LogP contribution >= 0.6 is 0 Å². The average Bonchev–Trinajstić information content (AvgIpc) is 0.802. The predicted molar refractivity (Wildman–Crippen MR) is 351 cm³/mol. The van der Waals surface area contributed by atoms with Gasteiger partial charge in [0.15, 0.2) is 0 Å². The van der Waals surface area contributed by atoms with Crippen LogP contribution in [0.25, 0.3) is 0 Å². The largest absolute Gasteiger partial charge is 0.481 e. The molecule has 0 spiro atoms. The third-order valence-electron chi connectivity index (χ3n) is 14.4.